The van der Waals surface area contributed by atoms with Gasteiger partial charge in [0.2, 0.25) is 15.9 Å². The highest BCUT2D eigenvalue weighted by Gasteiger charge is 2.56. The van der Waals surface area contributed by atoms with Gasteiger partial charge in [0.05, 0.1) is 23.4 Å². The molecule has 3 saturated heterocycles. The van der Waals surface area contributed by atoms with Crippen LogP contribution < -0.4 is 5.32 Å². The van der Waals surface area contributed by atoms with E-state index in [9.17, 15) is 13.2 Å². The van der Waals surface area contributed by atoms with E-state index in [1.54, 1.807) is 7.05 Å². The van der Waals surface area contributed by atoms with Gasteiger partial charge in [0.1, 0.15) is 0 Å². The summed E-state index contributed by atoms with van der Waals surface area (Å²) in [6, 6.07) is 0.325. The van der Waals surface area contributed by atoms with E-state index in [-0.39, 0.29) is 34.0 Å². The number of carbonyl (C=O) groups excluding carboxylic acids is 1. The fourth-order valence-electron chi connectivity index (χ4n) is 7.25. The molecule has 3 heterocycles. The SMILES string of the molecule is CN1CCC2CC(OCCN3CCC4(CC3)C(=O)NC3CCC(Cl)CC34)CCC2S1(=O)=O. The average molecular weight is 488 g/mol. The van der Waals surface area contributed by atoms with Crippen LogP contribution in [-0.2, 0) is 19.6 Å². The maximum atomic E-state index is 12.9. The number of hydrogen-bond donors (Lipinski definition) is 1. The Labute approximate surface area is 197 Å². The second kappa shape index (κ2) is 8.99. The zero-order valence-electron chi connectivity index (χ0n) is 19.2. The van der Waals surface area contributed by atoms with E-state index in [1.807, 2.05) is 0 Å². The number of sulfonamides is 1. The van der Waals surface area contributed by atoms with Gasteiger partial charge < -0.3 is 15.0 Å². The standard InChI is InChI=1S/C23H38ClN3O4S/c1-26-9-6-16-14-18(3-5-21(16)32(26,29)30)31-13-12-27-10-7-23(8-11-27)19-15-17(24)2-4-20(19)25-22(23)28/h16-21H,2-15H2,1H3,(H,25,28). The summed E-state index contributed by atoms with van der Waals surface area (Å²) in [6.07, 6.45) is 8.36. The first-order valence-corrected chi connectivity index (χ1v) is 14.5. The third kappa shape index (κ3) is 4.12. The van der Waals surface area contributed by atoms with Crippen molar-refractivity contribution < 1.29 is 17.9 Å². The topological polar surface area (TPSA) is 79.0 Å². The van der Waals surface area contributed by atoms with E-state index in [2.05, 4.69) is 10.2 Å². The first kappa shape index (κ1) is 23.3. The number of ether oxygens (including phenoxy) is 1. The van der Waals surface area contributed by atoms with E-state index >= 15 is 0 Å². The van der Waals surface area contributed by atoms with E-state index in [0.29, 0.717) is 31.5 Å². The average Bonchev–Trinajstić information content (AvgIpc) is 3.03. The number of piperidine rings is 1. The summed E-state index contributed by atoms with van der Waals surface area (Å²) in [5.41, 5.74) is -0.215. The second-order valence-electron chi connectivity index (χ2n) is 10.9. The molecule has 1 N–H and O–H groups in total. The van der Waals surface area contributed by atoms with Gasteiger partial charge in [0, 0.05) is 31.6 Å². The number of hydrogen-bond acceptors (Lipinski definition) is 5. The normalized spacial score (nSPS) is 41.8. The van der Waals surface area contributed by atoms with Crippen molar-refractivity contribution in [2.24, 2.45) is 17.3 Å². The highest BCUT2D eigenvalue weighted by atomic mass is 35.5. The van der Waals surface area contributed by atoms with Crippen LogP contribution in [0.3, 0.4) is 0 Å². The molecule has 1 amide bonds. The fourth-order valence-corrected chi connectivity index (χ4v) is 9.56. The van der Waals surface area contributed by atoms with Gasteiger partial charge in [-0.2, -0.15) is 0 Å². The van der Waals surface area contributed by atoms with Crippen LogP contribution in [0, 0.1) is 17.3 Å². The van der Waals surface area contributed by atoms with Crippen LogP contribution in [0.25, 0.3) is 0 Å². The van der Waals surface area contributed by atoms with Crippen molar-refractivity contribution in [3.63, 3.8) is 0 Å². The lowest BCUT2D eigenvalue weighted by Crippen LogP contribution is -2.50. The van der Waals surface area contributed by atoms with Crippen molar-refractivity contribution in [3.05, 3.63) is 0 Å². The lowest BCUT2D eigenvalue weighted by atomic mass is 9.64. The minimum Gasteiger partial charge on any atom is -0.377 e. The maximum absolute atomic E-state index is 12.9. The number of rotatable bonds is 4. The predicted molar refractivity (Wildman–Crippen MR) is 124 cm³/mol. The highest BCUT2D eigenvalue weighted by molar-refractivity contribution is 7.89. The third-order valence-electron chi connectivity index (χ3n) is 9.27. The Bertz CT molecular complexity index is 816. The van der Waals surface area contributed by atoms with Crippen LogP contribution in [-0.4, -0.2) is 86.1 Å². The number of amides is 1. The molecule has 0 aromatic carbocycles. The molecular weight excluding hydrogens is 450 g/mol. The second-order valence-corrected chi connectivity index (χ2v) is 13.7. The molecule has 1 spiro atoms. The lowest BCUT2D eigenvalue weighted by molar-refractivity contribution is -0.132. The minimum atomic E-state index is -3.12. The molecule has 0 aromatic rings. The summed E-state index contributed by atoms with van der Waals surface area (Å²) in [5.74, 6) is 0.893. The van der Waals surface area contributed by atoms with Crippen LogP contribution in [0.1, 0.15) is 57.8 Å². The minimum absolute atomic E-state index is 0.176. The van der Waals surface area contributed by atoms with Gasteiger partial charge in [-0.15, -0.1) is 11.6 Å². The summed E-state index contributed by atoms with van der Waals surface area (Å²) in [5, 5.41) is 3.28. The first-order valence-electron chi connectivity index (χ1n) is 12.5. The number of alkyl halides is 1. The van der Waals surface area contributed by atoms with Gasteiger partial charge in [-0.05, 0) is 82.7 Å². The monoisotopic (exact) mass is 487 g/mol. The summed E-state index contributed by atoms with van der Waals surface area (Å²) < 4.78 is 32.9. The Morgan fingerprint density at radius 1 is 1.09 bits per heavy atom. The van der Waals surface area contributed by atoms with Crippen molar-refractivity contribution in [2.45, 2.75) is 80.6 Å². The van der Waals surface area contributed by atoms with Gasteiger partial charge in [0.15, 0.2) is 0 Å². The molecule has 9 heteroatoms. The van der Waals surface area contributed by atoms with Crippen molar-refractivity contribution in [3.8, 4) is 0 Å². The molecule has 6 atom stereocenters. The third-order valence-corrected chi connectivity index (χ3v) is 12.1. The zero-order valence-corrected chi connectivity index (χ0v) is 20.7. The number of nitrogens with one attached hydrogen (secondary N) is 1. The number of carbonyl (C=O) groups is 1. The molecule has 5 aliphatic rings. The lowest BCUT2D eigenvalue weighted by Gasteiger charge is -2.44. The van der Waals surface area contributed by atoms with Crippen molar-refractivity contribution in [1.82, 2.24) is 14.5 Å². The number of fused-ring (bicyclic) bond motifs is 3. The van der Waals surface area contributed by atoms with E-state index in [1.165, 1.54) is 4.31 Å². The first-order chi connectivity index (χ1) is 15.3. The Morgan fingerprint density at radius 2 is 1.88 bits per heavy atom. The summed E-state index contributed by atoms with van der Waals surface area (Å²) in [6.45, 7) is 4.07. The zero-order chi connectivity index (χ0) is 22.5. The van der Waals surface area contributed by atoms with Crippen LogP contribution in [0.5, 0.6) is 0 Å². The van der Waals surface area contributed by atoms with Crippen LogP contribution >= 0.6 is 11.6 Å². The van der Waals surface area contributed by atoms with Crippen molar-refractivity contribution in [1.29, 1.82) is 0 Å². The van der Waals surface area contributed by atoms with Gasteiger partial charge in [-0.3, -0.25) is 4.79 Å². The van der Waals surface area contributed by atoms with Crippen LogP contribution in [0.4, 0.5) is 0 Å². The molecular formula is C23H38ClN3O4S. The Balaban J connectivity index is 1.08. The molecule has 0 radical (unpaired) electrons. The number of halogens is 1. The molecule has 5 rings (SSSR count). The van der Waals surface area contributed by atoms with Crippen molar-refractivity contribution >= 4 is 27.5 Å². The number of nitrogens with zero attached hydrogens (tertiary/aromatic N) is 2. The van der Waals surface area contributed by atoms with Gasteiger partial charge in [0.25, 0.3) is 0 Å². The molecule has 7 nitrogen and oxygen atoms in total. The summed E-state index contributed by atoms with van der Waals surface area (Å²) in [4.78, 5) is 15.3. The van der Waals surface area contributed by atoms with Crippen LogP contribution in [0.2, 0.25) is 0 Å². The Morgan fingerprint density at radius 3 is 2.66 bits per heavy atom. The van der Waals surface area contributed by atoms with E-state index in [0.717, 1.165) is 71.0 Å². The van der Waals surface area contributed by atoms with Gasteiger partial charge >= 0.3 is 0 Å². The molecule has 0 bridgehead atoms. The quantitative estimate of drug-likeness (QED) is 0.615. The fraction of sp³-hybridized carbons (Fsp3) is 0.957. The molecule has 182 valence electrons. The Hall–Kier alpha value is -0.410. The predicted octanol–water partition coefficient (Wildman–Crippen LogP) is 2.19. The summed E-state index contributed by atoms with van der Waals surface area (Å²) >= 11 is 6.47. The summed E-state index contributed by atoms with van der Waals surface area (Å²) in [7, 11) is -1.42. The maximum Gasteiger partial charge on any atom is 0.226 e. The Kier molecular flexibility index (Phi) is 6.55. The largest absolute Gasteiger partial charge is 0.377 e. The molecule has 2 aliphatic carbocycles. The number of likely N-dealkylation sites (tertiary alicyclic amines) is 1. The van der Waals surface area contributed by atoms with Crippen LogP contribution in [0.15, 0.2) is 0 Å². The molecule has 0 aromatic heterocycles. The van der Waals surface area contributed by atoms with Gasteiger partial charge in [-0.1, -0.05) is 0 Å². The van der Waals surface area contributed by atoms with Gasteiger partial charge in [-0.25, -0.2) is 12.7 Å². The molecule has 6 unspecified atom stereocenters. The smallest absolute Gasteiger partial charge is 0.226 e. The highest BCUT2D eigenvalue weighted by Crippen LogP contribution is 2.50. The van der Waals surface area contributed by atoms with Crippen molar-refractivity contribution in [2.75, 3.05) is 39.8 Å². The van der Waals surface area contributed by atoms with E-state index < -0.39 is 10.0 Å². The van der Waals surface area contributed by atoms with E-state index in [4.69, 9.17) is 16.3 Å². The molecule has 2 saturated carbocycles. The molecule has 32 heavy (non-hydrogen) atoms. The molecule has 5 fully saturated rings. The molecule has 3 aliphatic heterocycles.